The molecule has 0 aromatic heterocycles. The summed E-state index contributed by atoms with van der Waals surface area (Å²) in [6.45, 7) is 5.46. The number of anilines is 4. The molecular weight excluding hydrogens is 400 g/mol. The third-order valence-corrected chi connectivity index (χ3v) is 5.86. The number of nitrogens with one attached hydrogen (secondary N) is 2. The minimum absolute atomic E-state index is 0.0892. The normalized spacial score (nSPS) is 17.0. The summed E-state index contributed by atoms with van der Waals surface area (Å²) in [6, 6.07) is 13.9. The molecule has 0 saturated carbocycles. The van der Waals surface area contributed by atoms with Crippen LogP contribution in [0.5, 0.6) is 0 Å². The van der Waals surface area contributed by atoms with E-state index in [1.807, 2.05) is 30.3 Å². The Bertz CT molecular complexity index is 847. The number of carbonyl (C=O) groups excluding carboxylic acids is 1. The van der Waals surface area contributed by atoms with E-state index in [2.05, 4.69) is 32.6 Å². The molecule has 2 aromatic carbocycles. The molecule has 2 heterocycles. The molecule has 7 heteroatoms. The molecule has 0 atom stereocenters. The van der Waals surface area contributed by atoms with Crippen molar-refractivity contribution >= 4 is 40.3 Å². The first-order valence-corrected chi connectivity index (χ1v) is 11.1. The molecule has 0 unspecified atom stereocenters. The largest absolute Gasteiger partial charge is 0.378 e. The number of hydrogen-bond acceptors (Lipinski definition) is 5. The molecule has 4 rings (SSSR count). The van der Waals surface area contributed by atoms with Crippen molar-refractivity contribution in [1.82, 2.24) is 0 Å². The highest BCUT2D eigenvalue weighted by Gasteiger charge is 2.16. The van der Waals surface area contributed by atoms with Gasteiger partial charge in [-0.3, -0.25) is 4.79 Å². The van der Waals surface area contributed by atoms with Crippen LogP contribution in [0, 0.1) is 0 Å². The fourth-order valence-corrected chi connectivity index (χ4v) is 4.19. The smallest absolute Gasteiger partial charge is 0.243 e. The molecule has 0 aliphatic carbocycles. The van der Waals surface area contributed by atoms with Gasteiger partial charge in [-0.15, -0.1) is 0 Å². The van der Waals surface area contributed by atoms with Crippen molar-refractivity contribution in [2.45, 2.75) is 19.3 Å². The molecule has 2 aliphatic heterocycles. The highest BCUT2D eigenvalue weighted by molar-refractivity contribution is 6.31. The summed E-state index contributed by atoms with van der Waals surface area (Å²) in [7, 11) is 0. The van der Waals surface area contributed by atoms with Crippen LogP contribution in [-0.2, 0) is 9.53 Å². The number of morpholine rings is 1. The Hall–Kier alpha value is -2.44. The maximum absolute atomic E-state index is 12.5. The van der Waals surface area contributed by atoms with Crippen LogP contribution in [0.25, 0.3) is 0 Å². The molecule has 0 spiro atoms. The lowest BCUT2D eigenvalue weighted by Gasteiger charge is -2.30. The van der Waals surface area contributed by atoms with Crippen molar-refractivity contribution in [2.24, 2.45) is 0 Å². The van der Waals surface area contributed by atoms with E-state index in [4.69, 9.17) is 16.3 Å². The highest BCUT2D eigenvalue weighted by Crippen LogP contribution is 2.30. The lowest BCUT2D eigenvalue weighted by Crippen LogP contribution is -2.36. The van der Waals surface area contributed by atoms with Crippen LogP contribution in [0.1, 0.15) is 19.3 Å². The second-order valence-corrected chi connectivity index (χ2v) is 8.19. The molecule has 2 aliphatic rings. The lowest BCUT2D eigenvalue weighted by atomic mass is 10.1. The first-order chi connectivity index (χ1) is 14.7. The summed E-state index contributed by atoms with van der Waals surface area (Å²) < 4.78 is 5.44. The molecule has 2 fully saturated rings. The first kappa shape index (κ1) is 20.8. The molecule has 2 aromatic rings. The number of piperidine rings is 1. The topological polar surface area (TPSA) is 56.8 Å². The predicted molar refractivity (Wildman–Crippen MR) is 124 cm³/mol. The third kappa shape index (κ3) is 5.37. The summed E-state index contributed by atoms with van der Waals surface area (Å²) in [6.07, 6.45) is 3.82. The van der Waals surface area contributed by atoms with Crippen LogP contribution in [0.3, 0.4) is 0 Å². The Balaban J connectivity index is 1.34. The quantitative estimate of drug-likeness (QED) is 0.721. The standard InChI is InChI=1S/C23H29ClN4O2/c24-18-4-9-22(28-12-14-30-15-13-28)21(16-18)25-17-23(29)26-19-5-7-20(8-6-19)27-10-2-1-3-11-27/h4-9,16,25H,1-3,10-15,17H2,(H,26,29). The van der Waals surface area contributed by atoms with Gasteiger partial charge in [0.2, 0.25) is 5.91 Å². The number of ether oxygens (including phenoxy) is 1. The number of nitrogens with zero attached hydrogens (tertiary/aromatic N) is 2. The summed E-state index contributed by atoms with van der Waals surface area (Å²) in [5, 5.41) is 6.86. The fourth-order valence-electron chi connectivity index (χ4n) is 4.02. The van der Waals surface area contributed by atoms with Crippen LogP contribution in [0.4, 0.5) is 22.7 Å². The van der Waals surface area contributed by atoms with Gasteiger partial charge < -0.3 is 25.2 Å². The Morgan fingerprint density at radius 2 is 1.67 bits per heavy atom. The van der Waals surface area contributed by atoms with Gasteiger partial charge in [0, 0.05) is 42.6 Å². The van der Waals surface area contributed by atoms with E-state index in [9.17, 15) is 4.79 Å². The molecule has 160 valence electrons. The monoisotopic (exact) mass is 428 g/mol. The van der Waals surface area contributed by atoms with Gasteiger partial charge in [-0.25, -0.2) is 0 Å². The van der Waals surface area contributed by atoms with Gasteiger partial charge in [0.15, 0.2) is 0 Å². The van der Waals surface area contributed by atoms with E-state index in [1.54, 1.807) is 0 Å². The van der Waals surface area contributed by atoms with Gasteiger partial charge in [0.1, 0.15) is 0 Å². The first-order valence-electron chi connectivity index (χ1n) is 10.7. The van der Waals surface area contributed by atoms with E-state index < -0.39 is 0 Å². The second-order valence-electron chi connectivity index (χ2n) is 7.76. The summed E-state index contributed by atoms with van der Waals surface area (Å²) in [5.74, 6) is -0.0892. The molecule has 0 bridgehead atoms. The van der Waals surface area contributed by atoms with Crippen molar-refractivity contribution in [1.29, 1.82) is 0 Å². The number of benzene rings is 2. The molecular formula is C23H29ClN4O2. The van der Waals surface area contributed by atoms with Crippen LogP contribution >= 0.6 is 11.6 Å². The number of hydrogen-bond donors (Lipinski definition) is 2. The van der Waals surface area contributed by atoms with E-state index in [-0.39, 0.29) is 12.5 Å². The Labute approximate surface area is 183 Å². The van der Waals surface area contributed by atoms with Crippen molar-refractivity contribution in [3.05, 3.63) is 47.5 Å². The van der Waals surface area contributed by atoms with Crippen LogP contribution < -0.4 is 20.4 Å². The number of amides is 1. The van der Waals surface area contributed by atoms with Crippen molar-refractivity contribution in [3.63, 3.8) is 0 Å². The summed E-state index contributed by atoms with van der Waals surface area (Å²) in [5.41, 5.74) is 3.93. The van der Waals surface area contributed by atoms with Gasteiger partial charge in [0.25, 0.3) is 0 Å². The van der Waals surface area contributed by atoms with Gasteiger partial charge in [-0.2, -0.15) is 0 Å². The Morgan fingerprint density at radius 3 is 2.40 bits per heavy atom. The SMILES string of the molecule is O=C(CNc1cc(Cl)ccc1N1CCOCC1)Nc1ccc(N2CCCCC2)cc1. The molecule has 1 amide bonds. The highest BCUT2D eigenvalue weighted by atomic mass is 35.5. The minimum atomic E-state index is -0.0892. The molecule has 2 saturated heterocycles. The van der Waals surface area contributed by atoms with Gasteiger partial charge >= 0.3 is 0 Å². The molecule has 0 radical (unpaired) electrons. The molecule has 2 N–H and O–H groups in total. The average molecular weight is 429 g/mol. The summed E-state index contributed by atoms with van der Waals surface area (Å²) in [4.78, 5) is 17.1. The van der Waals surface area contributed by atoms with Crippen molar-refractivity contribution in [3.8, 4) is 0 Å². The van der Waals surface area contributed by atoms with E-state index in [0.29, 0.717) is 18.2 Å². The zero-order chi connectivity index (χ0) is 20.8. The van der Waals surface area contributed by atoms with Crippen molar-refractivity contribution < 1.29 is 9.53 Å². The number of carbonyl (C=O) groups is 1. The zero-order valence-electron chi connectivity index (χ0n) is 17.2. The van der Waals surface area contributed by atoms with Gasteiger partial charge in [0.05, 0.1) is 31.1 Å². The Morgan fingerprint density at radius 1 is 0.933 bits per heavy atom. The zero-order valence-corrected chi connectivity index (χ0v) is 18.0. The second kappa shape index (κ2) is 10.0. The molecule has 6 nitrogen and oxygen atoms in total. The maximum Gasteiger partial charge on any atom is 0.243 e. The van der Waals surface area contributed by atoms with E-state index in [1.165, 1.54) is 24.9 Å². The van der Waals surface area contributed by atoms with Gasteiger partial charge in [-0.1, -0.05) is 11.6 Å². The van der Waals surface area contributed by atoms with Crippen LogP contribution in [-0.4, -0.2) is 51.8 Å². The van der Waals surface area contributed by atoms with E-state index >= 15 is 0 Å². The third-order valence-electron chi connectivity index (χ3n) is 5.62. The van der Waals surface area contributed by atoms with Crippen LogP contribution in [0.15, 0.2) is 42.5 Å². The van der Waals surface area contributed by atoms with Crippen LogP contribution in [0.2, 0.25) is 5.02 Å². The minimum Gasteiger partial charge on any atom is -0.378 e. The van der Waals surface area contributed by atoms with Crippen molar-refractivity contribution in [2.75, 3.05) is 66.4 Å². The maximum atomic E-state index is 12.5. The summed E-state index contributed by atoms with van der Waals surface area (Å²) >= 11 is 6.19. The lowest BCUT2D eigenvalue weighted by molar-refractivity contribution is -0.114. The predicted octanol–water partition coefficient (Wildman–Crippen LogP) is 4.22. The van der Waals surface area contributed by atoms with E-state index in [0.717, 1.165) is 43.2 Å². The average Bonchev–Trinajstić information content (AvgIpc) is 2.79. The number of halogens is 1. The number of rotatable bonds is 6. The Kier molecular flexibility index (Phi) is 6.97. The molecule has 30 heavy (non-hydrogen) atoms. The van der Waals surface area contributed by atoms with Gasteiger partial charge in [-0.05, 0) is 61.7 Å². The fraction of sp³-hybridized carbons (Fsp3) is 0.435.